The molecule has 0 aliphatic carbocycles. The lowest BCUT2D eigenvalue weighted by Gasteiger charge is -2.38. The Balaban J connectivity index is 1.92. The van der Waals surface area contributed by atoms with Crippen LogP contribution in [0, 0.1) is 6.92 Å². The molecule has 1 N–H and O–H groups in total. The third kappa shape index (κ3) is 2.84. The van der Waals surface area contributed by atoms with Gasteiger partial charge in [0.05, 0.1) is 5.69 Å². The lowest BCUT2D eigenvalue weighted by Crippen LogP contribution is -2.57. The van der Waals surface area contributed by atoms with Crippen LogP contribution in [0.15, 0.2) is 29.2 Å². The lowest BCUT2D eigenvalue weighted by molar-refractivity contribution is 0.136. The fourth-order valence-corrected chi connectivity index (χ4v) is 2.81. The Kier molecular flexibility index (Phi) is 4.03. The maximum Gasteiger partial charge on any atom is 0.258 e. The standard InChI is InChI=1S/C16H22N4O/c1-3-6-19(14-9-17-10-14)11-13-8-15(21)20-7-4-5-12(2)16(20)18-13/h4-5,7-8,14,17H,3,6,9-11H2,1-2H3. The van der Waals surface area contributed by atoms with Crippen molar-refractivity contribution in [3.05, 3.63) is 46.0 Å². The summed E-state index contributed by atoms with van der Waals surface area (Å²) >= 11 is 0. The van der Waals surface area contributed by atoms with Crippen molar-refractivity contribution in [1.29, 1.82) is 0 Å². The van der Waals surface area contributed by atoms with Crippen molar-refractivity contribution in [1.82, 2.24) is 19.6 Å². The van der Waals surface area contributed by atoms with Gasteiger partial charge in [-0.3, -0.25) is 14.1 Å². The number of hydrogen-bond donors (Lipinski definition) is 1. The van der Waals surface area contributed by atoms with Crippen molar-refractivity contribution in [2.45, 2.75) is 32.9 Å². The van der Waals surface area contributed by atoms with Crippen molar-refractivity contribution in [3.63, 3.8) is 0 Å². The number of nitrogens with zero attached hydrogens (tertiary/aromatic N) is 3. The van der Waals surface area contributed by atoms with Gasteiger partial charge in [-0.15, -0.1) is 0 Å². The first kappa shape index (κ1) is 14.2. The average Bonchev–Trinajstić information content (AvgIpc) is 2.38. The number of aryl methyl sites for hydroxylation is 1. The molecule has 5 nitrogen and oxygen atoms in total. The quantitative estimate of drug-likeness (QED) is 0.897. The molecule has 1 aliphatic heterocycles. The fourth-order valence-electron chi connectivity index (χ4n) is 2.81. The molecule has 21 heavy (non-hydrogen) atoms. The minimum absolute atomic E-state index is 0.00174. The van der Waals surface area contributed by atoms with Gasteiger partial charge in [-0.05, 0) is 31.5 Å². The number of nitrogens with one attached hydrogen (secondary N) is 1. The van der Waals surface area contributed by atoms with E-state index in [9.17, 15) is 4.79 Å². The highest BCUT2D eigenvalue weighted by molar-refractivity contribution is 5.46. The Morgan fingerprint density at radius 1 is 1.48 bits per heavy atom. The van der Waals surface area contributed by atoms with E-state index in [-0.39, 0.29) is 5.56 Å². The van der Waals surface area contributed by atoms with Gasteiger partial charge < -0.3 is 5.32 Å². The Bertz CT molecular complexity index is 690. The zero-order valence-corrected chi connectivity index (χ0v) is 12.7. The van der Waals surface area contributed by atoms with Gasteiger partial charge >= 0.3 is 0 Å². The van der Waals surface area contributed by atoms with Crippen LogP contribution in [0.4, 0.5) is 0 Å². The molecule has 0 spiro atoms. The van der Waals surface area contributed by atoms with E-state index in [0.29, 0.717) is 6.04 Å². The van der Waals surface area contributed by atoms with Crippen LogP contribution in [0.25, 0.3) is 5.65 Å². The Hall–Kier alpha value is -1.72. The lowest BCUT2D eigenvalue weighted by atomic mass is 10.1. The molecule has 1 fully saturated rings. The van der Waals surface area contributed by atoms with Crippen molar-refractivity contribution in [3.8, 4) is 0 Å². The first-order valence-electron chi connectivity index (χ1n) is 7.61. The molecular weight excluding hydrogens is 264 g/mol. The first-order valence-corrected chi connectivity index (χ1v) is 7.61. The predicted molar refractivity (Wildman–Crippen MR) is 83.6 cm³/mol. The fraction of sp³-hybridized carbons (Fsp3) is 0.500. The third-order valence-electron chi connectivity index (χ3n) is 4.09. The van der Waals surface area contributed by atoms with Gasteiger partial charge in [0.1, 0.15) is 5.65 Å². The van der Waals surface area contributed by atoms with Gasteiger partial charge in [0.2, 0.25) is 0 Å². The highest BCUT2D eigenvalue weighted by atomic mass is 16.1. The van der Waals surface area contributed by atoms with E-state index < -0.39 is 0 Å². The van der Waals surface area contributed by atoms with Crippen molar-refractivity contribution in [2.24, 2.45) is 0 Å². The molecule has 0 aromatic carbocycles. The molecule has 0 radical (unpaired) electrons. The van der Waals surface area contributed by atoms with Crippen LogP contribution in [-0.4, -0.2) is 40.0 Å². The SMILES string of the molecule is CCCN(Cc1cc(=O)n2cccc(C)c2n1)C1CNC1. The summed E-state index contributed by atoms with van der Waals surface area (Å²) in [6.07, 6.45) is 2.89. The van der Waals surface area contributed by atoms with Crippen molar-refractivity contribution >= 4 is 5.65 Å². The maximum atomic E-state index is 12.2. The van der Waals surface area contributed by atoms with E-state index in [4.69, 9.17) is 4.98 Å². The topological polar surface area (TPSA) is 49.6 Å². The molecule has 5 heteroatoms. The Morgan fingerprint density at radius 2 is 2.29 bits per heavy atom. The normalized spacial score (nSPS) is 15.6. The molecule has 0 amide bonds. The summed E-state index contributed by atoms with van der Waals surface area (Å²) < 4.78 is 1.62. The van der Waals surface area contributed by atoms with Crippen LogP contribution in [0.5, 0.6) is 0 Å². The molecule has 112 valence electrons. The highest BCUT2D eigenvalue weighted by Crippen LogP contribution is 2.12. The summed E-state index contributed by atoms with van der Waals surface area (Å²) in [6, 6.07) is 6.11. The summed E-state index contributed by atoms with van der Waals surface area (Å²) in [5, 5.41) is 3.31. The second-order valence-corrected chi connectivity index (χ2v) is 5.75. The molecule has 0 unspecified atom stereocenters. The van der Waals surface area contributed by atoms with Gasteiger partial charge in [-0.2, -0.15) is 0 Å². The largest absolute Gasteiger partial charge is 0.314 e. The molecular formula is C16H22N4O. The number of pyridine rings is 1. The van der Waals surface area contributed by atoms with Crippen LogP contribution in [-0.2, 0) is 6.54 Å². The van der Waals surface area contributed by atoms with Crippen molar-refractivity contribution < 1.29 is 0 Å². The molecule has 0 atom stereocenters. The molecule has 2 aromatic heterocycles. The van der Waals surface area contributed by atoms with E-state index in [0.717, 1.165) is 49.5 Å². The van der Waals surface area contributed by atoms with Crippen LogP contribution in [0.3, 0.4) is 0 Å². The minimum atomic E-state index is 0.00174. The van der Waals surface area contributed by atoms with Gasteiger partial charge in [0.15, 0.2) is 0 Å². The predicted octanol–water partition coefficient (Wildman–Crippen LogP) is 1.19. The van der Waals surface area contributed by atoms with Gasteiger partial charge in [-0.25, -0.2) is 4.98 Å². The van der Waals surface area contributed by atoms with Gasteiger partial charge in [0, 0.05) is 37.9 Å². The van der Waals surface area contributed by atoms with E-state index in [1.54, 1.807) is 16.7 Å². The van der Waals surface area contributed by atoms with Crippen LogP contribution >= 0.6 is 0 Å². The molecule has 0 bridgehead atoms. The van der Waals surface area contributed by atoms with E-state index in [2.05, 4.69) is 17.1 Å². The molecule has 3 rings (SSSR count). The van der Waals surface area contributed by atoms with Gasteiger partial charge in [-0.1, -0.05) is 13.0 Å². The maximum absolute atomic E-state index is 12.2. The monoisotopic (exact) mass is 286 g/mol. The van der Waals surface area contributed by atoms with E-state index in [1.165, 1.54) is 0 Å². The smallest absolute Gasteiger partial charge is 0.258 e. The highest BCUT2D eigenvalue weighted by Gasteiger charge is 2.24. The summed E-state index contributed by atoms with van der Waals surface area (Å²) in [6.45, 7) is 8.04. The summed E-state index contributed by atoms with van der Waals surface area (Å²) in [5.41, 5.74) is 2.67. The summed E-state index contributed by atoms with van der Waals surface area (Å²) in [7, 11) is 0. The minimum Gasteiger partial charge on any atom is -0.314 e. The van der Waals surface area contributed by atoms with Gasteiger partial charge in [0.25, 0.3) is 5.56 Å². The van der Waals surface area contributed by atoms with Crippen LogP contribution in [0.2, 0.25) is 0 Å². The molecule has 2 aromatic rings. The second kappa shape index (κ2) is 5.95. The van der Waals surface area contributed by atoms with Crippen LogP contribution in [0.1, 0.15) is 24.6 Å². The van der Waals surface area contributed by atoms with Crippen molar-refractivity contribution in [2.75, 3.05) is 19.6 Å². The second-order valence-electron chi connectivity index (χ2n) is 5.75. The summed E-state index contributed by atoms with van der Waals surface area (Å²) in [4.78, 5) is 19.4. The summed E-state index contributed by atoms with van der Waals surface area (Å²) in [5.74, 6) is 0. The number of rotatable bonds is 5. The van der Waals surface area contributed by atoms with E-state index >= 15 is 0 Å². The first-order chi connectivity index (χ1) is 10.2. The zero-order chi connectivity index (χ0) is 14.8. The van der Waals surface area contributed by atoms with Crippen LogP contribution < -0.4 is 10.9 Å². The third-order valence-corrected chi connectivity index (χ3v) is 4.09. The number of fused-ring (bicyclic) bond motifs is 1. The zero-order valence-electron chi connectivity index (χ0n) is 12.7. The molecule has 3 heterocycles. The average molecular weight is 286 g/mol. The number of aromatic nitrogens is 2. The Morgan fingerprint density at radius 3 is 2.95 bits per heavy atom. The molecule has 1 saturated heterocycles. The van der Waals surface area contributed by atoms with E-state index in [1.807, 2.05) is 19.1 Å². The molecule has 1 aliphatic rings. The Labute approximate surface area is 124 Å². The number of hydrogen-bond acceptors (Lipinski definition) is 4. The molecule has 0 saturated carbocycles.